The van der Waals surface area contributed by atoms with Crippen LogP contribution in [0.4, 0.5) is 0 Å². The van der Waals surface area contributed by atoms with E-state index in [2.05, 4.69) is 45.2 Å². The zero-order valence-corrected chi connectivity index (χ0v) is 5.78. The molecule has 0 rings (SSSR count). The molecule has 0 unspecified atom stereocenters. The molecule has 0 atom stereocenters. The average molecular weight is 298 g/mol. The summed E-state index contributed by atoms with van der Waals surface area (Å²) in [4.78, 5) is 0. The number of halogens is 2. The Kier molecular flexibility index (Phi) is 20.8. The molecule has 0 aliphatic carbocycles. The van der Waals surface area contributed by atoms with Crippen molar-refractivity contribution in [3.8, 4) is 0 Å². The van der Waals surface area contributed by atoms with E-state index < -0.39 is 0 Å². The summed E-state index contributed by atoms with van der Waals surface area (Å²) in [5.41, 5.74) is 0. The lowest BCUT2D eigenvalue weighted by atomic mass is 12.0. The van der Waals surface area contributed by atoms with Gasteiger partial charge in [-0.2, -0.15) is 0 Å². The molecule has 0 nitrogen and oxygen atoms in total. The molecule has 26 valence electrons. The quantitative estimate of drug-likeness (QED) is 0.350. The second-order valence-electron chi connectivity index (χ2n) is 0.101. The van der Waals surface area contributed by atoms with Crippen LogP contribution in [0.25, 0.3) is 0 Å². The van der Waals surface area contributed by atoms with Crippen LogP contribution >= 0.6 is 45.2 Å². The fraction of sp³-hybridized carbons (Fsp3) is 1.00. The van der Waals surface area contributed by atoms with Gasteiger partial charge in [0.15, 0.2) is 17.4 Å². The monoisotopic (exact) mass is 298 g/mol. The van der Waals surface area contributed by atoms with Crippen molar-refractivity contribution in [2.75, 3.05) is 2.43 Å². The van der Waals surface area contributed by atoms with Crippen LogP contribution in [0.3, 0.4) is 0 Å². The van der Waals surface area contributed by atoms with E-state index >= 15 is 0 Å². The molecular formula is CH5AlI2. The topological polar surface area (TPSA) is 0 Å². The smallest absolute Gasteiger partial charge is 0.0748 e. The molecule has 0 saturated carbocycles. The Morgan fingerprint density at radius 1 is 1.25 bits per heavy atom. The largest absolute Gasteiger partial charge is 0.187 e. The van der Waals surface area contributed by atoms with E-state index in [0.717, 1.165) is 0 Å². The maximum atomic E-state index is 2.28. The van der Waals surface area contributed by atoms with Crippen LogP contribution in [-0.2, 0) is 0 Å². The lowest BCUT2D eigenvalue weighted by Crippen LogP contribution is -1.17. The van der Waals surface area contributed by atoms with Gasteiger partial charge in [0.1, 0.15) is 0 Å². The molecule has 0 aromatic carbocycles. The summed E-state index contributed by atoms with van der Waals surface area (Å²) in [6.07, 6.45) is 0. The molecule has 4 heavy (non-hydrogen) atoms. The van der Waals surface area contributed by atoms with Crippen molar-refractivity contribution in [2.45, 2.75) is 0 Å². The van der Waals surface area contributed by atoms with E-state index in [0.29, 0.717) is 0 Å². The van der Waals surface area contributed by atoms with Gasteiger partial charge < -0.3 is 0 Å². The van der Waals surface area contributed by atoms with E-state index in [9.17, 15) is 0 Å². The van der Waals surface area contributed by atoms with Gasteiger partial charge in [0, 0.05) is 0 Å². The molecule has 0 N–H and O–H groups in total. The first kappa shape index (κ1) is 9.37. The summed E-state index contributed by atoms with van der Waals surface area (Å²) < 4.78 is 1.19. The molecule has 0 bridgehead atoms. The van der Waals surface area contributed by atoms with Gasteiger partial charge in [-0.25, -0.2) is 0 Å². The van der Waals surface area contributed by atoms with Crippen LogP contribution in [0.1, 0.15) is 0 Å². The van der Waals surface area contributed by atoms with E-state index in [1.54, 1.807) is 0 Å². The lowest BCUT2D eigenvalue weighted by Gasteiger charge is -1.43. The fourth-order valence-electron chi connectivity index (χ4n) is 0. The third kappa shape index (κ3) is 9.01. The molecule has 0 aliphatic heterocycles. The Morgan fingerprint density at radius 2 is 1.25 bits per heavy atom. The highest BCUT2D eigenvalue weighted by Gasteiger charge is 1.40. The van der Waals surface area contributed by atoms with Gasteiger partial charge in [-0.05, 0) is 0 Å². The predicted octanol–water partition coefficient (Wildman–Crippen LogP) is 0.630. The minimum atomic E-state index is 0. The van der Waals surface area contributed by atoms with Crippen molar-refractivity contribution in [2.24, 2.45) is 0 Å². The van der Waals surface area contributed by atoms with Crippen molar-refractivity contribution in [3.05, 3.63) is 0 Å². The van der Waals surface area contributed by atoms with Crippen LogP contribution in [-0.4, -0.2) is 19.8 Å². The van der Waals surface area contributed by atoms with Gasteiger partial charge in [0.25, 0.3) is 0 Å². The summed E-state index contributed by atoms with van der Waals surface area (Å²) in [6, 6.07) is 0. The Labute approximate surface area is 64.1 Å². The summed E-state index contributed by atoms with van der Waals surface area (Å²) >= 11 is 4.55. The number of rotatable bonds is 0. The minimum Gasteiger partial charge on any atom is -0.0748 e. The summed E-state index contributed by atoms with van der Waals surface area (Å²) in [6.45, 7) is 0. The van der Waals surface area contributed by atoms with Crippen molar-refractivity contribution < 1.29 is 0 Å². The highest BCUT2D eigenvalue weighted by molar-refractivity contribution is 14.2. The van der Waals surface area contributed by atoms with E-state index in [1.165, 1.54) is 2.43 Å². The van der Waals surface area contributed by atoms with Crippen molar-refractivity contribution in [1.82, 2.24) is 0 Å². The first-order chi connectivity index (χ1) is 1.41. The SMILES string of the molecule is ICI.[AlH3]. The molecule has 0 aliphatic rings. The van der Waals surface area contributed by atoms with E-state index in [4.69, 9.17) is 0 Å². The Morgan fingerprint density at radius 3 is 1.25 bits per heavy atom. The Balaban J connectivity index is 0. The summed E-state index contributed by atoms with van der Waals surface area (Å²) in [7, 11) is 0. The first-order valence-electron chi connectivity index (χ1n) is 0.535. The molecule has 0 amide bonds. The van der Waals surface area contributed by atoms with Crippen molar-refractivity contribution in [3.63, 3.8) is 0 Å². The standard InChI is InChI=1S/CH2I2.Al.3H/c2-1-3;;;;/h1H2;;;;. The molecule has 3 heteroatoms. The van der Waals surface area contributed by atoms with E-state index in [1.807, 2.05) is 0 Å². The zero-order valence-electron chi connectivity index (χ0n) is 1.46. The summed E-state index contributed by atoms with van der Waals surface area (Å²) in [5, 5.41) is 0. The van der Waals surface area contributed by atoms with Crippen LogP contribution in [0.15, 0.2) is 0 Å². The van der Waals surface area contributed by atoms with Gasteiger partial charge >= 0.3 is 0 Å². The number of hydrogen-bond acceptors (Lipinski definition) is 0. The molecule has 0 heterocycles. The average Bonchev–Trinajstić information content (AvgIpc) is 0.918. The second-order valence-corrected chi connectivity index (χ2v) is 4.55. The highest BCUT2D eigenvalue weighted by Crippen LogP contribution is 1.86. The lowest BCUT2D eigenvalue weighted by molar-refractivity contribution is 2.58. The van der Waals surface area contributed by atoms with Gasteiger partial charge in [-0.15, -0.1) is 0 Å². The molecule has 0 aromatic rings. The summed E-state index contributed by atoms with van der Waals surface area (Å²) in [5.74, 6) is 0. The molecule has 0 radical (unpaired) electrons. The Bertz CT molecular complexity index is 6.00. The second kappa shape index (κ2) is 8.89. The third-order valence-electron chi connectivity index (χ3n) is 0. The van der Waals surface area contributed by atoms with Crippen LogP contribution in [0, 0.1) is 0 Å². The van der Waals surface area contributed by atoms with Crippen molar-refractivity contribution >= 4 is 62.5 Å². The fourth-order valence-corrected chi connectivity index (χ4v) is 0. The van der Waals surface area contributed by atoms with Gasteiger partial charge in [-0.3, -0.25) is 0 Å². The molecule has 0 aromatic heterocycles. The number of hydrogen-bond donors (Lipinski definition) is 0. The van der Waals surface area contributed by atoms with Gasteiger partial charge in [0.2, 0.25) is 0 Å². The van der Waals surface area contributed by atoms with Crippen LogP contribution in [0.5, 0.6) is 0 Å². The number of alkyl halides is 2. The predicted molar refractivity (Wildman–Crippen MR) is 42.8 cm³/mol. The minimum absolute atomic E-state index is 0. The molecule has 0 fully saturated rings. The zero-order chi connectivity index (χ0) is 2.71. The van der Waals surface area contributed by atoms with Crippen LogP contribution < -0.4 is 0 Å². The maximum absolute atomic E-state index is 2.28. The third-order valence-corrected chi connectivity index (χ3v) is 0. The molecular weight excluding hydrogens is 293 g/mol. The Hall–Kier alpha value is 1.99. The molecule has 0 saturated heterocycles. The van der Waals surface area contributed by atoms with Crippen molar-refractivity contribution in [1.29, 1.82) is 0 Å². The van der Waals surface area contributed by atoms with Gasteiger partial charge in [0.05, 0.1) is 2.43 Å². The first-order valence-corrected chi connectivity index (χ1v) is 3.59. The normalized spacial score (nSPS) is 4.50. The van der Waals surface area contributed by atoms with E-state index in [-0.39, 0.29) is 17.4 Å². The highest BCUT2D eigenvalue weighted by atomic mass is 127. The van der Waals surface area contributed by atoms with Crippen LogP contribution in [0.2, 0.25) is 0 Å². The molecule has 0 spiro atoms. The maximum Gasteiger partial charge on any atom is 0.187 e. The van der Waals surface area contributed by atoms with Gasteiger partial charge in [-0.1, -0.05) is 45.2 Å².